The molecule has 0 aromatic carbocycles. The molecule has 3 heterocycles. The molecular weight excluding hydrogens is 330 g/mol. The minimum atomic E-state index is -0.526. The molecular formula is C15H23N5O5. The van der Waals surface area contributed by atoms with Crippen molar-refractivity contribution in [2.45, 2.75) is 39.0 Å². The van der Waals surface area contributed by atoms with E-state index in [1.807, 2.05) is 20.8 Å². The van der Waals surface area contributed by atoms with Crippen molar-refractivity contribution in [3.05, 3.63) is 16.3 Å². The number of hydrogen-bond acceptors (Lipinski definition) is 7. The summed E-state index contributed by atoms with van der Waals surface area (Å²) in [5.74, 6) is -0.200. The first-order chi connectivity index (χ1) is 11.8. The molecule has 0 radical (unpaired) electrons. The number of hydrogen-bond donors (Lipinski definition) is 0. The number of ether oxygens (including phenoxy) is 2. The molecule has 0 aliphatic carbocycles. The van der Waals surface area contributed by atoms with Gasteiger partial charge in [-0.05, 0) is 25.7 Å². The van der Waals surface area contributed by atoms with Crippen molar-refractivity contribution in [2.24, 2.45) is 0 Å². The summed E-state index contributed by atoms with van der Waals surface area (Å²) in [7, 11) is 0. The van der Waals surface area contributed by atoms with Crippen LogP contribution in [0.15, 0.2) is 6.20 Å². The van der Waals surface area contributed by atoms with Gasteiger partial charge in [0.1, 0.15) is 11.8 Å². The van der Waals surface area contributed by atoms with E-state index in [-0.39, 0.29) is 24.0 Å². The molecule has 1 atom stereocenters. The zero-order chi connectivity index (χ0) is 18.2. The fraction of sp³-hybridized carbons (Fsp3) is 0.733. The summed E-state index contributed by atoms with van der Waals surface area (Å²) in [6, 6.07) is 0.286. The van der Waals surface area contributed by atoms with Crippen molar-refractivity contribution in [2.75, 3.05) is 32.7 Å². The topological polar surface area (TPSA) is 103 Å². The predicted octanol–water partition coefficient (Wildman–Crippen LogP) is 1.10. The van der Waals surface area contributed by atoms with Gasteiger partial charge in [-0.2, -0.15) is 0 Å². The Balaban J connectivity index is 1.51. The number of imidazole rings is 1. The molecule has 2 aliphatic rings. The van der Waals surface area contributed by atoms with E-state index in [9.17, 15) is 14.9 Å². The lowest BCUT2D eigenvalue weighted by Crippen LogP contribution is -2.54. The number of amides is 1. The van der Waals surface area contributed by atoms with Crippen LogP contribution in [0.4, 0.5) is 10.6 Å². The van der Waals surface area contributed by atoms with Crippen LogP contribution < -0.4 is 4.74 Å². The smallest absolute Gasteiger partial charge is 0.415 e. The molecule has 1 unspecified atom stereocenters. The van der Waals surface area contributed by atoms with Crippen molar-refractivity contribution in [1.29, 1.82) is 0 Å². The molecule has 138 valence electrons. The quantitative estimate of drug-likeness (QED) is 0.590. The van der Waals surface area contributed by atoms with Gasteiger partial charge >= 0.3 is 17.9 Å². The Morgan fingerprint density at radius 2 is 2.12 bits per heavy atom. The van der Waals surface area contributed by atoms with Gasteiger partial charge in [-0.1, -0.05) is 0 Å². The van der Waals surface area contributed by atoms with Gasteiger partial charge < -0.3 is 24.5 Å². The first-order valence-electron chi connectivity index (χ1n) is 8.34. The number of nitrogens with zero attached hydrogens (tertiary/aromatic N) is 5. The summed E-state index contributed by atoms with van der Waals surface area (Å²) in [5.41, 5.74) is -0.488. The SMILES string of the molecule is CC(C)OC(=O)N1CCN(CC2(C)Cn3cc([N+](=O)[O-])nc3O2)CC1. The molecule has 0 saturated carbocycles. The highest BCUT2D eigenvalue weighted by Crippen LogP contribution is 2.31. The Hall–Kier alpha value is -2.36. The van der Waals surface area contributed by atoms with Crippen molar-refractivity contribution < 1.29 is 19.2 Å². The van der Waals surface area contributed by atoms with Crippen LogP contribution in [-0.4, -0.2) is 74.8 Å². The van der Waals surface area contributed by atoms with Gasteiger partial charge in [0.05, 0.1) is 12.6 Å². The highest BCUT2D eigenvalue weighted by Gasteiger charge is 2.42. The first kappa shape index (κ1) is 17.5. The number of aromatic nitrogens is 2. The van der Waals surface area contributed by atoms with Gasteiger partial charge in [0.25, 0.3) is 0 Å². The van der Waals surface area contributed by atoms with Crippen molar-refractivity contribution in [3.63, 3.8) is 0 Å². The Morgan fingerprint density at radius 1 is 1.44 bits per heavy atom. The second-order valence-electron chi connectivity index (χ2n) is 7.01. The summed E-state index contributed by atoms with van der Waals surface area (Å²) < 4.78 is 12.7. The highest BCUT2D eigenvalue weighted by molar-refractivity contribution is 5.67. The van der Waals surface area contributed by atoms with Crippen LogP contribution in [-0.2, 0) is 11.3 Å². The number of carbonyl (C=O) groups excluding carboxylic acids is 1. The largest absolute Gasteiger partial charge is 0.447 e. The van der Waals surface area contributed by atoms with Crippen LogP contribution in [0.25, 0.3) is 0 Å². The molecule has 1 saturated heterocycles. The molecule has 10 heteroatoms. The van der Waals surface area contributed by atoms with E-state index in [2.05, 4.69) is 9.88 Å². The van der Waals surface area contributed by atoms with Crippen LogP contribution in [0.2, 0.25) is 0 Å². The zero-order valence-corrected chi connectivity index (χ0v) is 14.7. The molecule has 10 nitrogen and oxygen atoms in total. The van der Waals surface area contributed by atoms with E-state index >= 15 is 0 Å². The molecule has 0 bridgehead atoms. The number of piperazine rings is 1. The van der Waals surface area contributed by atoms with E-state index in [0.29, 0.717) is 26.2 Å². The molecule has 3 rings (SSSR count). The van der Waals surface area contributed by atoms with Crippen LogP contribution in [0.3, 0.4) is 0 Å². The zero-order valence-electron chi connectivity index (χ0n) is 14.7. The Bertz CT molecular complexity index is 642. The summed E-state index contributed by atoms with van der Waals surface area (Å²) in [6.45, 7) is 9.49. The number of carbonyl (C=O) groups is 1. The van der Waals surface area contributed by atoms with Gasteiger partial charge in [0, 0.05) is 37.7 Å². The number of fused-ring (bicyclic) bond motifs is 1. The van der Waals surface area contributed by atoms with E-state index in [4.69, 9.17) is 9.47 Å². The van der Waals surface area contributed by atoms with Gasteiger partial charge in [0.2, 0.25) is 0 Å². The molecule has 25 heavy (non-hydrogen) atoms. The van der Waals surface area contributed by atoms with Gasteiger partial charge in [-0.15, -0.1) is 0 Å². The molecule has 1 aromatic rings. The van der Waals surface area contributed by atoms with Crippen LogP contribution in [0.1, 0.15) is 20.8 Å². The van der Waals surface area contributed by atoms with Gasteiger partial charge in [-0.3, -0.25) is 9.47 Å². The second kappa shape index (κ2) is 6.51. The van der Waals surface area contributed by atoms with Crippen LogP contribution >= 0.6 is 0 Å². The maximum atomic E-state index is 11.9. The Labute approximate surface area is 145 Å². The maximum absolute atomic E-state index is 11.9. The second-order valence-corrected chi connectivity index (χ2v) is 7.01. The summed E-state index contributed by atoms with van der Waals surface area (Å²) >= 11 is 0. The fourth-order valence-corrected chi connectivity index (χ4v) is 3.20. The van der Waals surface area contributed by atoms with Gasteiger partial charge in [0.15, 0.2) is 0 Å². The molecule has 0 spiro atoms. The third kappa shape index (κ3) is 3.84. The molecule has 1 fully saturated rings. The summed E-state index contributed by atoms with van der Waals surface area (Å²) in [4.78, 5) is 30.0. The van der Waals surface area contributed by atoms with E-state index in [1.165, 1.54) is 6.20 Å². The molecule has 1 amide bonds. The lowest BCUT2D eigenvalue weighted by atomic mass is 10.1. The van der Waals surface area contributed by atoms with Crippen LogP contribution in [0, 0.1) is 10.1 Å². The molecule has 1 aromatic heterocycles. The Kier molecular flexibility index (Phi) is 4.55. The summed E-state index contributed by atoms with van der Waals surface area (Å²) in [5, 5.41) is 10.8. The molecule has 2 aliphatic heterocycles. The number of nitro groups is 1. The third-order valence-electron chi connectivity index (χ3n) is 4.28. The van der Waals surface area contributed by atoms with Crippen molar-refractivity contribution in [3.8, 4) is 6.01 Å². The number of rotatable bonds is 4. The minimum absolute atomic E-state index is 0.123. The minimum Gasteiger partial charge on any atom is -0.447 e. The van der Waals surface area contributed by atoms with Crippen molar-refractivity contribution >= 4 is 11.9 Å². The average molecular weight is 353 g/mol. The maximum Gasteiger partial charge on any atom is 0.415 e. The fourth-order valence-electron chi connectivity index (χ4n) is 3.20. The third-order valence-corrected chi connectivity index (χ3v) is 4.28. The average Bonchev–Trinajstić information content (AvgIpc) is 3.02. The van der Waals surface area contributed by atoms with E-state index in [0.717, 1.165) is 13.1 Å². The normalized spacial score (nSPS) is 23.4. The monoisotopic (exact) mass is 353 g/mol. The Morgan fingerprint density at radius 3 is 2.68 bits per heavy atom. The standard InChI is InChI=1S/C15H23N5O5/c1-11(2)24-14(21)18-6-4-17(5-7-18)9-15(3)10-19-8-12(20(22)23)16-13(19)25-15/h8,11H,4-7,9-10H2,1-3H3. The van der Waals surface area contributed by atoms with E-state index in [1.54, 1.807) is 9.47 Å². The lowest BCUT2D eigenvalue weighted by molar-refractivity contribution is -0.389. The van der Waals surface area contributed by atoms with Crippen LogP contribution in [0.5, 0.6) is 6.01 Å². The van der Waals surface area contributed by atoms with Gasteiger partial charge in [-0.25, -0.2) is 4.79 Å². The predicted molar refractivity (Wildman–Crippen MR) is 87.5 cm³/mol. The molecule has 0 N–H and O–H groups in total. The van der Waals surface area contributed by atoms with E-state index < -0.39 is 10.5 Å². The van der Waals surface area contributed by atoms with Crippen molar-refractivity contribution in [1.82, 2.24) is 19.4 Å². The summed E-state index contributed by atoms with van der Waals surface area (Å²) in [6.07, 6.45) is 1.01. The highest BCUT2D eigenvalue weighted by atomic mass is 16.6. The first-order valence-corrected chi connectivity index (χ1v) is 8.34. The lowest BCUT2D eigenvalue weighted by Gasteiger charge is -2.37.